The lowest BCUT2D eigenvalue weighted by atomic mass is 10.0. The monoisotopic (exact) mass is 373 g/mol. The van der Waals surface area contributed by atoms with E-state index in [1.165, 1.54) is 0 Å². The molecule has 2 aromatic rings. The lowest BCUT2D eigenvalue weighted by Gasteiger charge is -2.15. The second-order valence-corrected chi connectivity index (χ2v) is 5.42. The Balaban J connectivity index is 2.14. The van der Waals surface area contributed by atoms with Crippen molar-refractivity contribution in [3.8, 4) is 0 Å². The molecule has 9 heteroatoms. The van der Waals surface area contributed by atoms with E-state index in [4.69, 9.17) is 0 Å². The number of carboxylic acid groups (broad SMARTS) is 1. The molecular weight excluding hydrogens is 361 g/mol. The summed E-state index contributed by atoms with van der Waals surface area (Å²) in [6.45, 7) is 0. The van der Waals surface area contributed by atoms with E-state index in [9.17, 15) is 36.6 Å². The van der Waals surface area contributed by atoms with Crippen molar-refractivity contribution in [2.24, 2.45) is 0 Å². The highest BCUT2D eigenvalue weighted by Crippen LogP contribution is 2.29. The molecule has 138 valence electrons. The number of rotatable bonds is 5. The number of carbonyl (C=O) groups is 2. The maximum absolute atomic E-state index is 13.1. The molecule has 0 fully saturated rings. The van der Waals surface area contributed by atoms with Gasteiger partial charge in [-0.05, 0) is 29.8 Å². The fourth-order valence-electron chi connectivity index (χ4n) is 2.19. The van der Waals surface area contributed by atoms with Gasteiger partial charge in [0.2, 0.25) is 0 Å². The maximum Gasteiger partial charge on any atom is 0.416 e. The van der Waals surface area contributed by atoms with E-state index in [1.54, 1.807) is 0 Å². The summed E-state index contributed by atoms with van der Waals surface area (Å²) in [5.41, 5.74) is -1.08. The summed E-state index contributed by atoms with van der Waals surface area (Å²) in [7, 11) is 0. The van der Waals surface area contributed by atoms with E-state index >= 15 is 0 Å². The van der Waals surface area contributed by atoms with E-state index in [2.05, 4.69) is 5.32 Å². The molecule has 0 aromatic heterocycles. The van der Waals surface area contributed by atoms with E-state index in [1.807, 2.05) is 0 Å². The molecule has 0 saturated heterocycles. The first-order valence-electron chi connectivity index (χ1n) is 7.22. The standard InChI is InChI=1S/C17H12F5NO3/c18-12-6-10(7-13(19)8-12)15(24)23-14(16(25)26)5-9-1-3-11(4-2-9)17(20,21)22/h1-4,6-8,14H,5H2,(H,23,24)(H,25,26)/t14-/m0/s1. The van der Waals surface area contributed by atoms with Crippen LogP contribution in [-0.4, -0.2) is 23.0 Å². The molecule has 0 radical (unpaired) electrons. The third-order valence-electron chi connectivity index (χ3n) is 3.45. The summed E-state index contributed by atoms with van der Waals surface area (Å²) in [5, 5.41) is 11.3. The molecular formula is C17H12F5NO3. The van der Waals surface area contributed by atoms with Gasteiger partial charge in [-0.3, -0.25) is 4.79 Å². The number of amides is 1. The van der Waals surface area contributed by atoms with Crippen LogP contribution in [-0.2, 0) is 17.4 Å². The van der Waals surface area contributed by atoms with E-state index < -0.39 is 46.9 Å². The minimum atomic E-state index is -4.53. The molecule has 0 aliphatic rings. The van der Waals surface area contributed by atoms with Crippen molar-refractivity contribution in [3.05, 3.63) is 70.8 Å². The summed E-state index contributed by atoms with van der Waals surface area (Å²) in [4.78, 5) is 23.3. The molecule has 1 amide bonds. The minimum Gasteiger partial charge on any atom is -0.480 e. The Morgan fingerprint density at radius 1 is 1.00 bits per heavy atom. The predicted octanol–water partition coefficient (Wildman–Crippen LogP) is 3.41. The zero-order valence-electron chi connectivity index (χ0n) is 13.0. The second kappa shape index (κ2) is 7.51. The van der Waals surface area contributed by atoms with Gasteiger partial charge in [0.1, 0.15) is 17.7 Å². The Labute approximate surface area is 144 Å². The maximum atomic E-state index is 13.1. The Morgan fingerprint density at radius 2 is 1.54 bits per heavy atom. The van der Waals surface area contributed by atoms with Crippen molar-refractivity contribution in [2.45, 2.75) is 18.6 Å². The number of hydrogen-bond donors (Lipinski definition) is 2. The molecule has 2 N–H and O–H groups in total. The Hall–Kier alpha value is -2.97. The zero-order chi connectivity index (χ0) is 19.5. The number of carboxylic acids is 1. The van der Waals surface area contributed by atoms with Crippen LogP contribution in [0.15, 0.2) is 42.5 Å². The van der Waals surface area contributed by atoms with Gasteiger partial charge < -0.3 is 10.4 Å². The molecule has 0 saturated carbocycles. The summed E-state index contributed by atoms with van der Waals surface area (Å²) in [6, 6.07) is 4.28. The SMILES string of the molecule is O=C(N[C@@H](Cc1ccc(C(F)(F)F)cc1)C(=O)O)c1cc(F)cc(F)c1. The first-order chi connectivity index (χ1) is 12.1. The van der Waals surface area contributed by atoms with Crippen LogP contribution < -0.4 is 5.32 Å². The molecule has 2 aromatic carbocycles. The Bertz CT molecular complexity index is 798. The molecule has 0 heterocycles. The Kier molecular flexibility index (Phi) is 5.59. The second-order valence-electron chi connectivity index (χ2n) is 5.42. The van der Waals surface area contributed by atoms with Gasteiger partial charge in [-0.1, -0.05) is 12.1 Å². The van der Waals surface area contributed by atoms with Crippen LogP contribution in [0.3, 0.4) is 0 Å². The number of carbonyl (C=O) groups excluding carboxylic acids is 1. The van der Waals surface area contributed by atoms with E-state index in [0.29, 0.717) is 6.07 Å². The van der Waals surface area contributed by atoms with Crippen molar-refractivity contribution >= 4 is 11.9 Å². The van der Waals surface area contributed by atoms with Crippen molar-refractivity contribution in [2.75, 3.05) is 0 Å². The number of aliphatic carboxylic acids is 1. The highest BCUT2D eigenvalue weighted by Gasteiger charge is 2.30. The van der Waals surface area contributed by atoms with Crippen LogP contribution in [0, 0.1) is 11.6 Å². The number of halogens is 5. The quantitative estimate of drug-likeness (QED) is 0.790. The zero-order valence-corrected chi connectivity index (χ0v) is 13.0. The lowest BCUT2D eigenvalue weighted by molar-refractivity contribution is -0.139. The van der Waals surface area contributed by atoms with Gasteiger partial charge >= 0.3 is 12.1 Å². The Morgan fingerprint density at radius 3 is 2.00 bits per heavy atom. The van der Waals surface area contributed by atoms with Crippen LogP contribution >= 0.6 is 0 Å². The summed E-state index contributed by atoms with van der Waals surface area (Å²) < 4.78 is 63.8. The first kappa shape index (κ1) is 19.4. The van der Waals surface area contributed by atoms with Crippen LogP contribution in [0.2, 0.25) is 0 Å². The summed E-state index contributed by atoms with van der Waals surface area (Å²) in [6.07, 6.45) is -4.84. The van der Waals surface area contributed by atoms with Crippen LogP contribution in [0.25, 0.3) is 0 Å². The molecule has 2 rings (SSSR count). The highest BCUT2D eigenvalue weighted by molar-refractivity contribution is 5.96. The van der Waals surface area contributed by atoms with Crippen LogP contribution in [0.1, 0.15) is 21.5 Å². The molecule has 0 aliphatic heterocycles. The topological polar surface area (TPSA) is 66.4 Å². The van der Waals surface area contributed by atoms with Crippen LogP contribution in [0.5, 0.6) is 0 Å². The summed E-state index contributed by atoms with van der Waals surface area (Å²) >= 11 is 0. The normalized spacial score (nSPS) is 12.5. The van der Waals surface area contributed by atoms with Gasteiger partial charge in [-0.2, -0.15) is 13.2 Å². The molecule has 26 heavy (non-hydrogen) atoms. The fourth-order valence-corrected chi connectivity index (χ4v) is 2.19. The third-order valence-corrected chi connectivity index (χ3v) is 3.45. The average molecular weight is 373 g/mol. The smallest absolute Gasteiger partial charge is 0.416 e. The average Bonchev–Trinajstić information content (AvgIpc) is 2.52. The van der Waals surface area contributed by atoms with Gasteiger partial charge in [0.05, 0.1) is 5.56 Å². The van der Waals surface area contributed by atoms with Crippen molar-refractivity contribution in [1.82, 2.24) is 5.32 Å². The van der Waals surface area contributed by atoms with E-state index in [-0.39, 0.29) is 12.0 Å². The van der Waals surface area contributed by atoms with Gasteiger partial charge in [-0.15, -0.1) is 0 Å². The molecule has 0 aliphatic carbocycles. The number of nitrogens with one attached hydrogen (secondary N) is 1. The number of alkyl halides is 3. The van der Waals surface area contributed by atoms with Gasteiger partial charge in [-0.25, -0.2) is 13.6 Å². The molecule has 0 bridgehead atoms. The third kappa shape index (κ3) is 5.01. The minimum absolute atomic E-state index is 0.233. The molecule has 0 spiro atoms. The number of hydrogen-bond acceptors (Lipinski definition) is 2. The fraction of sp³-hybridized carbons (Fsp3) is 0.176. The van der Waals surface area contributed by atoms with Crippen molar-refractivity contribution in [3.63, 3.8) is 0 Å². The molecule has 4 nitrogen and oxygen atoms in total. The van der Waals surface area contributed by atoms with Crippen molar-refractivity contribution in [1.29, 1.82) is 0 Å². The number of benzene rings is 2. The highest BCUT2D eigenvalue weighted by atomic mass is 19.4. The summed E-state index contributed by atoms with van der Waals surface area (Å²) in [5.74, 6) is -4.49. The van der Waals surface area contributed by atoms with Gasteiger partial charge in [0.15, 0.2) is 0 Å². The van der Waals surface area contributed by atoms with Crippen LogP contribution in [0.4, 0.5) is 22.0 Å². The van der Waals surface area contributed by atoms with Crippen molar-refractivity contribution < 1.29 is 36.6 Å². The van der Waals surface area contributed by atoms with E-state index in [0.717, 1.165) is 36.4 Å². The molecule has 0 unspecified atom stereocenters. The lowest BCUT2D eigenvalue weighted by Crippen LogP contribution is -2.42. The first-order valence-corrected chi connectivity index (χ1v) is 7.22. The largest absolute Gasteiger partial charge is 0.480 e. The van der Waals surface area contributed by atoms with Gasteiger partial charge in [0, 0.05) is 18.1 Å². The van der Waals surface area contributed by atoms with Gasteiger partial charge in [0.25, 0.3) is 5.91 Å². The predicted molar refractivity (Wildman–Crippen MR) is 80.4 cm³/mol. The molecule has 1 atom stereocenters.